The molecule has 2 N–H and O–H groups in total. The Labute approximate surface area is 134 Å². The molecular formula is C14H11BrClN5. The molecule has 21 heavy (non-hydrogen) atoms. The molecule has 0 aliphatic carbocycles. The van der Waals surface area contributed by atoms with Crippen molar-refractivity contribution in [3.8, 4) is 11.4 Å². The van der Waals surface area contributed by atoms with Crippen LogP contribution in [0.25, 0.3) is 11.4 Å². The van der Waals surface area contributed by atoms with E-state index >= 15 is 0 Å². The summed E-state index contributed by atoms with van der Waals surface area (Å²) in [4.78, 5) is 0. The number of nitrogens with two attached hydrogens (primary N) is 1. The van der Waals surface area contributed by atoms with E-state index in [1.807, 2.05) is 24.3 Å². The first-order chi connectivity index (χ1) is 10.1. The Kier molecular flexibility index (Phi) is 3.90. The summed E-state index contributed by atoms with van der Waals surface area (Å²) in [6.07, 6.45) is 0. The lowest BCUT2D eigenvalue weighted by Crippen LogP contribution is -2.06. The van der Waals surface area contributed by atoms with Gasteiger partial charge in [-0.2, -0.15) is 0 Å². The van der Waals surface area contributed by atoms with Gasteiger partial charge in [0.25, 0.3) is 0 Å². The van der Waals surface area contributed by atoms with Crippen LogP contribution in [0.1, 0.15) is 5.56 Å². The molecule has 0 saturated carbocycles. The molecule has 3 rings (SSSR count). The van der Waals surface area contributed by atoms with Crippen molar-refractivity contribution in [3.63, 3.8) is 0 Å². The highest BCUT2D eigenvalue weighted by Crippen LogP contribution is 2.27. The Morgan fingerprint density at radius 2 is 2.00 bits per heavy atom. The van der Waals surface area contributed by atoms with Gasteiger partial charge in [-0.05, 0) is 40.3 Å². The maximum atomic E-state index is 6.03. The molecule has 1 heterocycles. The molecule has 0 saturated heterocycles. The summed E-state index contributed by atoms with van der Waals surface area (Å²) in [6, 6.07) is 13.2. The fraction of sp³-hybridized carbons (Fsp3) is 0.0714. The van der Waals surface area contributed by atoms with Crippen molar-refractivity contribution in [1.29, 1.82) is 0 Å². The number of anilines is 1. The molecule has 106 valence electrons. The summed E-state index contributed by atoms with van der Waals surface area (Å²) in [6.45, 7) is 0.537. The molecular weight excluding hydrogens is 354 g/mol. The molecule has 0 fully saturated rings. The van der Waals surface area contributed by atoms with Crippen LogP contribution in [-0.2, 0) is 6.54 Å². The van der Waals surface area contributed by atoms with E-state index in [1.165, 1.54) is 0 Å². The zero-order chi connectivity index (χ0) is 14.8. The number of tetrazole rings is 1. The lowest BCUT2D eigenvalue weighted by atomic mass is 10.1. The van der Waals surface area contributed by atoms with Crippen LogP contribution < -0.4 is 5.73 Å². The van der Waals surface area contributed by atoms with Gasteiger partial charge in [0.15, 0.2) is 5.82 Å². The minimum absolute atomic E-state index is 0.537. The van der Waals surface area contributed by atoms with Gasteiger partial charge in [-0.3, -0.25) is 0 Å². The summed E-state index contributed by atoms with van der Waals surface area (Å²) in [5, 5.41) is 12.4. The second-order valence-electron chi connectivity index (χ2n) is 4.48. The van der Waals surface area contributed by atoms with E-state index in [-0.39, 0.29) is 0 Å². The summed E-state index contributed by atoms with van der Waals surface area (Å²) >= 11 is 9.55. The Balaban J connectivity index is 2.02. The van der Waals surface area contributed by atoms with Crippen LogP contribution in [-0.4, -0.2) is 20.2 Å². The van der Waals surface area contributed by atoms with Crippen LogP contribution in [0.15, 0.2) is 46.9 Å². The number of nitrogen functional groups attached to an aromatic ring is 1. The first kappa shape index (κ1) is 14.0. The SMILES string of the molecule is Nc1ccc(Cl)cc1-c1nnnn1Cc1ccccc1Br. The molecule has 0 amide bonds. The van der Waals surface area contributed by atoms with Gasteiger partial charge in [0.2, 0.25) is 0 Å². The molecule has 0 atom stereocenters. The number of hydrogen-bond acceptors (Lipinski definition) is 4. The molecule has 0 spiro atoms. The highest BCUT2D eigenvalue weighted by atomic mass is 79.9. The van der Waals surface area contributed by atoms with E-state index in [9.17, 15) is 0 Å². The maximum absolute atomic E-state index is 6.03. The second-order valence-corrected chi connectivity index (χ2v) is 5.77. The Morgan fingerprint density at radius 1 is 1.19 bits per heavy atom. The molecule has 0 bridgehead atoms. The van der Waals surface area contributed by atoms with Crippen LogP contribution in [0.5, 0.6) is 0 Å². The zero-order valence-electron chi connectivity index (χ0n) is 10.9. The minimum atomic E-state index is 0.537. The van der Waals surface area contributed by atoms with E-state index in [2.05, 4.69) is 31.5 Å². The number of rotatable bonds is 3. The van der Waals surface area contributed by atoms with E-state index < -0.39 is 0 Å². The minimum Gasteiger partial charge on any atom is -0.398 e. The summed E-state index contributed by atoms with van der Waals surface area (Å²) in [5.74, 6) is 0.589. The Hall–Kier alpha value is -1.92. The lowest BCUT2D eigenvalue weighted by Gasteiger charge is -2.08. The van der Waals surface area contributed by atoms with E-state index in [0.29, 0.717) is 23.1 Å². The number of hydrogen-bond donors (Lipinski definition) is 1. The number of aromatic nitrogens is 4. The topological polar surface area (TPSA) is 69.6 Å². The largest absolute Gasteiger partial charge is 0.398 e. The van der Waals surface area contributed by atoms with E-state index in [1.54, 1.807) is 22.9 Å². The van der Waals surface area contributed by atoms with Gasteiger partial charge in [-0.15, -0.1) is 5.10 Å². The van der Waals surface area contributed by atoms with Gasteiger partial charge < -0.3 is 5.73 Å². The van der Waals surface area contributed by atoms with Crippen molar-refractivity contribution >= 4 is 33.2 Å². The van der Waals surface area contributed by atoms with Crippen molar-refractivity contribution in [2.45, 2.75) is 6.54 Å². The van der Waals surface area contributed by atoms with Crippen molar-refractivity contribution in [2.75, 3.05) is 5.73 Å². The van der Waals surface area contributed by atoms with Gasteiger partial charge in [0.05, 0.1) is 6.54 Å². The number of benzene rings is 2. The average Bonchev–Trinajstić information content (AvgIpc) is 2.92. The van der Waals surface area contributed by atoms with Gasteiger partial charge in [-0.1, -0.05) is 45.7 Å². The monoisotopic (exact) mass is 363 g/mol. The van der Waals surface area contributed by atoms with Crippen molar-refractivity contribution in [2.24, 2.45) is 0 Å². The quantitative estimate of drug-likeness (QED) is 0.723. The van der Waals surface area contributed by atoms with Gasteiger partial charge in [0, 0.05) is 20.7 Å². The first-order valence-electron chi connectivity index (χ1n) is 6.20. The average molecular weight is 365 g/mol. The Morgan fingerprint density at radius 3 is 2.81 bits per heavy atom. The smallest absolute Gasteiger partial charge is 0.184 e. The fourth-order valence-corrected chi connectivity index (χ4v) is 2.60. The lowest BCUT2D eigenvalue weighted by molar-refractivity contribution is 0.652. The third kappa shape index (κ3) is 2.91. The molecule has 3 aromatic rings. The molecule has 0 radical (unpaired) electrons. The molecule has 0 unspecified atom stereocenters. The fourth-order valence-electron chi connectivity index (χ4n) is 2.01. The van der Waals surface area contributed by atoms with Crippen LogP contribution in [0, 0.1) is 0 Å². The molecule has 7 heteroatoms. The van der Waals surface area contributed by atoms with Gasteiger partial charge in [0.1, 0.15) is 0 Å². The predicted molar refractivity (Wildman–Crippen MR) is 85.9 cm³/mol. The van der Waals surface area contributed by atoms with Gasteiger partial charge in [-0.25, -0.2) is 4.68 Å². The van der Waals surface area contributed by atoms with E-state index in [0.717, 1.165) is 15.6 Å². The van der Waals surface area contributed by atoms with E-state index in [4.69, 9.17) is 17.3 Å². The van der Waals surface area contributed by atoms with Crippen LogP contribution in [0.4, 0.5) is 5.69 Å². The van der Waals surface area contributed by atoms with Crippen LogP contribution in [0.3, 0.4) is 0 Å². The highest BCUT2D eigenvalue weighted by molar-refractivity contribution is 9.10. The third-order valence-electron chi connectivity index (χ3n) is 3.07. The zero-order valence-corrected chi connectivity index (χ0v) is 13.2. The third-order valence-corrected chi connectivity index (χ3v) is 4.07. The maximum Gasteiger partial charge on any atom is 0.184 e. The molecule has 5 nitrogen and oxygen atoms in total. The normalized spacial score (nSPS) is 10.8. The highest BCUT2D eigenvalue weighted by Gasteiger charge is 2.13. The molecule has 0 aliphatic heterocycles. The molecule has 2 aromatic carbocycles. The number of nitrogens with zero attached hydrogens (tertiary/aromatic N) is 4. The molecule has 0 aliphatic rings. The van der Waals surface area contributed by atoms with Crippen molar-refractivity contribution < 1.29 is 0 Å². The van der Waals surface area contributed by atoms with Crippen molar-refractivity contribution in [1.82, 2.24) is 20.2 Å². The second kappa shape index (κ2) is 5.83. The number of halogens is 2. The standard InChI is InChI=1S/C14H11BrClN5/c15-12-4-2-1-3-9(12)8-21-14(18-19-20-21)11-7-10(16)5-6-13(11)17/h1-7H,8,17H2. The summed E-state index contributed by atoms with van der Waals surface area (Å²) < 4.78 is 2.70. The predicted octanol–water partition coefficient (Wildman–Crippen LogP) is 3.39. The summed E-state index contributed by atoms with van der Waals surface area (Å²) in [7, 11) is 0. The first-order valence-corrected chi connectivity index (χ1v) is 7.37. The van der Waals surface area contributed by atoms with Crippen LogP contribution in [0.2, 0.25) is 5.02 Å². The van der Waals surface area contributed by atoms with Crippen LogP contribution >= 0.6 is 27.5 Å². The summed E-state index contributed by atoms with van der Waals surface area (Å²) in [5.41, 5.74) is 8.38. The van der Waals surface area contributed by atoms with Crippen molar-refractivity contribution in [3.05, 3.63) is 57.5 Å². The van der Waals surface area contributed by atoms with Gasteiger partial charge >= 0.3 is 0 Å². The Bertz CT molecular complexity index is 787. The molecule has 1 aromatic heterocycles.